The minimum absolute atomic E-state index is 0.0671. The van der Waals surface area contributed by atoms with Crippen LogP contribution in [0.25, 0.3) is 0 Å². The van der Waals surface area contributed by atoms with Crippen molar-refractivity contribution in [3.8, 4) is 0 Å². The minimum atomic E-state index is -0.166. The maximum atomic E-state index is 12.3. The number of amides is 1. The number of carbonyl (C=O) groups excluding carboxylic acids is 1. The summed E-state index contributed by atoms with van der Waals surface area (Å²) in [7, 11) is 0. The predicted octanol–water partition coefficient (Wildman–Crippen LogP) is 3.36. The Balaban J connectivity index is 1.80. The van der Waals surface area contributed by atoms with Crippen molar-refractivity contribution in [1.82, 2.24) is 0 Å². The van der Waals surface area contributed by atoms with Crippen LogP contribution in [0, 0.1) is 17.3 Å². The predicted molar refractivity (Wildman–Crippen MR) is 75.2 cm³/mol. The highest BCUT2D eigenvalue weighted by molar-refractivity contribution is 5.88. The van der Waals surface area contributed by atoms with E-state index in [0.717, 1.165) is 18.8 Å². The summed E-state index contributed by atoms with van der Waals surface area (Å²) in [5.74, 6) is 1.33. The largest absolute Gasteiger partial charge is 0.272 e. The van der Waals surface area contributed by atoms with E-state index in [9.17, 15) is 4.79 Å². The van der Waals surface area contributed by atoms with E-state index in [1.807, 2.05) is 0 Å². The Kier molecular flexibility index (Phi) is 2.13. The summed E-state index contributed by atoms with van der Waals surface area (Å²) in [5, 5.41) is 0. The molecule has 2 heteroatoms. The number of aliphatic imine (C=N–C) groups is 1. The van der Waals surface area contributed by atoms with E-state index in [1.165, 1.54) is 24.8 Å². The first-order valence-electron chi connectivity index (χ1n) is 7.25. The maximum Gasteiger partial charge on any atom is 0.251 e. The summed E-state index contributed by atoms with van der Waals surface area (Å²) in [5.41, 5.74) is 1.51. The minimum Gasteiger partial charge on any atom is -0.272 e. The molecule has 4 aliphatic carbocycles. The molecular formula is C17H19NO. The average Bonchev–Trinajstić information content (AvgIpc) is 2.84. The molecule has 0 heterocycles. The number of rotatable bonds is 2. The second-order valence-electron chi connectivity index (χ2n) is 6.85. The Morgan fingerprint density at radius 1 is 1.21 bits per heavy atom. The molecule has 4 bridgehead atoms. The number of carbonyl (C=O) groups is 1. The van der Waals surface area contributed by atoms with Crippen molar-refractivity contribution in [2.45, 2.75) is 37.5 Å². The molecule has 0 aromatic heterocycles. The van der Waals surface area contributed by atoms with Crippen LogP contribution >= 0.6 is 0 Å². The third-order valence-corrected chi connectivity index (χ3v) is 5.98. The molecule has 4 atom stereocenters. The molecule has 4 unspecified atom stereocenters. The quantitative estimate of drug-likeness (QED) is 0.743. The number of benzene rings is 1. The van der Waals surface area contributed by atoms with Gasteiger partial charge in [-0.05, 0) is 61.6 Å². The van der Waals surface area contributed by atoms with Crippen LogP contribution in [-0.2, 0) is 10.2 Å². The van der Waals surface area contributed by atoms with Crippen molar-refractivity contribution in [1.29, 1.82) is 0 Å². The third-order valence-electron chi connectivity index (χ3n) is 5.98. The van der Waals surface area contributed by atoms with Crippen LogP contribution in [0.4, 0.5) is 0 Å². The van der Waals surface area contributed by atoms with Crippen molar-refractivity contribution in [3.05, 3.63) is 35.9 Å². The van der Waals surface area contributed by atoms with Crippen LogP contribution in [0.5, 0.6) is 0 Å². The van der Waals surface area contributed by atoms with Gasteiger partial charge in [-0.3, -0.25) is 4.79 Å². The van der Waals surface area contributed by atoms with E-state index < -0.39 is 0 Å². The summed E-state index contributed by atoms with van der Waals surface area (Å²) in [6.07, 6.45) is 5.73. The molecule has 1 amide bonds. The first-order chi connectivity index (χ1) is 9.18. The normalized spacial score (nSPS) is 42.5. The summed E-state index contributed by atoms with van der Waals surface area (Å²) in [6, 6.07) is 10.8. The number of nitrogens with zero attached hydrogens (tertiary/aromatic N) is 1. The highest BCUT2D eigenvalue weighted by Crippen LogP contribution is 2.71. The summed E-state index contributed by atoms with van der Waals surface area (Å²) in [6.45, 7) is 3.50. The van der Waals surface area contributed by atoms with Crippen LogP contribution in [0.1, 0.15) is 37.7 Å². The Bertz CT molecular complexity index is 552. The molecule has 2 nitrogen and oxygen atoms in total. The summed E-state index contributed by atoms with van der Waals surface area (Å²) in [4.78, 5) is 16.1. The molecule has 1 aromatic carbocycles. The highest BCUT2D eigenvalue weighted by atomic mass is 16.1. The van der Waals surface area contributed by atoms with Gasteiger partial charge in [0.05, 0.1) is 5.41 Å². The molecule has 0 spiro atoms. The van der Waals surface area contributed by atoms with Crippen molar-refractivity contribution in [3.63, 3.8) is 0 Å². The van der Waals surface area contributed by atoms with E-state index >= 15 is 0 Å². The fourth-order valence-corrected chi connectivity index (χ4v) is 5.52. The van der Waals surface area contributed by atoms with E-state index in [1.54, 1.807) is 0 Å². The third kappa shape index (κ3) is 1.32. The van der Waals surface area contributed by atoms with Crippen LogP contribution in [0.15, 0.2) is 35.3 Å². The lowest BCUT2D eigenvalue weighted by Crippen LogP contribution is -2.36. The second kappa shape index (κ2) is 3.56. The molecule has 0 saturated heterocycles. The SMILES string of the molecule is C=NC(=O)C12CC3CC1CC(c1ccccc1)(C3)C2. The van der Waals surface area contributed by atoms with E-state index in [0.29, 0.717) is 5.92 Å². The van der Waals surface area contributed by atoms with E-state index in [-0.39, 0.29) is 16.7 Å². The van der Waals surface area contributed by atoms with Gasteiger partial charge in [0.25, 0.3) is 5.91 Å². The zero-order valence-electron chi connectivity index (χ0n) is 11.1. The Hall–Kier alpha value is -1.44. The van der Waals surface area contributed by atoms with Crippen LogP contribution in [-0.4, -0.2) is 12.6 Å². The topological polar surface area (TPSA) is 29.4 Å². The fourth-order valence-electron chi connectivity index (χ4n) is 5.52. The van der Waals surface area contributed by atoms with Crippen molar-refractivity contribution in [2.75, 3.05) is 0 Å². The molecule has 4 fully saturated rings. The molecule has 0 aliphatic heterocycles. The molecule has 5 rings (SSSR count). The standard InChI is InChI=1S/C17H19NO/c1-18-15(19)17-9-12-7-14(17)10-16(8-12,11-17)13-5-3-2-4-6-13/h2-6,12,14H,1,7-11H2. The molecule has 1 aromatic rings. The first-order valence-corrected chi connectivity index (χ1v) is 7.25. The highest BCUT2D eigenvalue weighted by Gasteiger charge is 2.67. The lowest BCUT2D eigenvalue weighted by atomic mass is 9.63. The Labute approximate surface area is 113 Å². The first kappa shape index (κ1) is 11.4. The lowest BCUT2D eigenvalue weighted by Gasteiger charge is -2.40. The van der Waals surface area contributed by atoms with E-state index in [2.05, 4.69) is 42.0 Å². The van der Waals surface area contributed by atoms with Crippen molar-refractivity contribution < 1.29 is 4.79 Å². The molecule has 19 heavy (non-hydrogen) atoms. The average molecular weight is 253 g/mol. The zero-order valence-corrected chi connectivity index (χ0v) is 11.1. The Morgan fingerprint density at radius 2 is 2.00 bits per heavy atom. The molecule has 0 N–H and O–H groups in total. The van der Waals surface area contributed by atoms with Gasteiger partial charge < -0.3 is 0 Å². The van der Waals surface area contributed by atoms with Crippen LogP contribution < -0.4 is 0 Å². The van der Waals surface area contributed by atoms with Gasteiger partial charge in [0.1, 0.15) is 0 Å². The lowest BCUT2D eigenvalue weighted by molar-refractivity contribution is -0.129. The van der Waals surface area contributed by atoms with Crippen LogP contribution in [0.3, 0.4) is 0 Å². The molecule has 0 radical (unpaired) electrons. The molecular weight excluding hydrogens is 234 g/mol. The molecule has 4 saturated carbocycles. The van der Waals surface area contributed by atoms with Gasteiger partial charge in [-0.25, -0.2) is 4.99 Å². The van der Waals surface area contributed by atoms with Gasteiger partial charge in [-0.2, -0.15) is 0 Å². The second-order valence-corrected chi connectivity index (χ2v) is 6.85. The van der Waals surface area contributed by atoms with Gasteiger partial charge in [0.2, 0.25) is 0 Å². The van der Waals surface area contributed by atoms with Gasteiger partial charge in [-0.1, -0.05) is 30.3 Å². The van der Waals surface area contributed by atoms with Gasteiger partial charge in [0, 0.05) is 0 Å². The zero-order chi connectivity index (χ0) is 13.1. The number of hydrogen-bond acceptors (Lipinski definition) is 1. The van der Waals surface area contributed by atoms with Gasteiger partial charge >= 0.3 is 0 Å². The molecule has 4 aliphatic rings. The Morgan fingerprint density at radius 3 is 2.74 bits per heavy atom. The smallest absolute Gasteiger partial charge is 0.251 e. The number of hydrogen-bond donors (Lipinski definition) is 0. The van der Waals surface area contributed by atoms with Gasteiger partial charge in [-0.15, -0.1) is 0 Å². The van der Waals surface area contributed by atoms with E-state index in [4.69, 9.17) is 0 Å². The maximum absolute atomic E-state index is 12.3. The summed E-state index contributed by atoms with van der Waals surface area (Å²) >= 11 is 0. The summed E-state index contributed by atoms with van der Waals surface area (Å²) < 4.78 is 0. The van der Waals surface area contributed by atoms with Crippen LogP contribution in [0.2, 0.25) is 0 Å². The fraction of sp³-hybridized carbons (Fsp3) is 0.529. The van der Waals surface area contributed by atoms with Crippen molar-refractivity contribution in [2.24, 2.45) is 22.2 Å². The van der Waals surface area contributed by atoms with Crippen molar-refractivity contribution >= 4 is 12.6 Å². The monoisotopic (exact) mass is 253 g/mol. The molecule has 98 valence electrons. The van der Waals surface area contributed by atoms with Gasteiger partial charge in [0.15, 0.2) is 0 Å².